The highest BCUT2D eigenvalue weighted by Gasteiger charge is 2.36. The lowest BCUT2D eigenvalue weighted by Crippen LogP contribution is -2.39. The first kappa shape index (κ1) is 13.4. The third-order valence-corrected chi connectivity index (χ3v) is 2.85. The summed E-state index contributed by atoms with van der Waals surface area (Å²) in [7, 11) is 0. The molecule has 0 aliphatic carbocycles. The summed E-state index contributed by atoms with van der Waals surface area (Å²) in [6.45, 7) is 0.798. The van der Waals surface area contributed by atoms with E-state index < -0.39 is 18.1 Å². The SMILES string of the molecule is OC1CCCN(c2cc(Cl)nc(C(F)(F)F)n2)C1. The molecule has 1 atom stereocenters. The molecule has 8 heteroatoms. The van der Waals surface area contributed by atoms with E-state index in [0.717, 1.165) is 0 Å². The van der Waals surface area contributed by atoms with Gasteiger partial charge in [0.05, 0.1) is 6.10 Å². The predicted molar refractivity (Wildman–Crippen MR) is 59.5 cm³/mol. The number of hydrogen-bond acceptors (Lipinski definition) is 4. The van der Waals surface area contributed by atoms with E-state index in [9.17, 15) is 18.3 Å². The Morgan fingerprint density at radius 3 is 2.72 bits per heavy atom. The third kappa shape index (κ3) is 3.02. The summed E-state index contributed by atoms with van der Waals surface area (Å²) in [4.78, 5) is 8.20. The number of aliphatic hydroxyl groups is 1. The number of β-amino-alcohol motifs (C(OH)–C–C–N with tert-alkyl or cyclic N) is 1. The number of halogens is 4. The van der Waals surface area contributed by atoms with E-state index in [1.165, 1.54) is 6.07 Å². The van der Waals surface area contributed by atoms with Crippen molar-refractivity contribution < 1.29 is 18.3 Å². The van der Waals surface area contributed by atoms with E-state index in [1.54, 1.807) is 4.90 Å². The third-order valence-electron chi connectivity index (χ3n) is 2.66. The lowest BCUT2D eigenvalue weighted by Gasteiger charge is -2.31. The van der Waals surface area contributed by atoms with Crippen molar-refractivity contribution in [2.45, 2.75) is 25.1 Å². The molecule has 1 aliphatic heterocycles. The van der Waals surface area contributed by atoms with Gasteiger partial charge in [0.2, 0.25) is 5.82 Å². The molecular formula is C10H11ClF3N3O. The van der Waals surface area contributed by atoms with Crippen molar-refractivity contribution in [2.24, 2.45) is 0 Å². The molecule has 1 saturated heterocycles. The summed E-state index contributed by atoms with van der Waals surface area (Å²) in [6.07, 6.45) is -3.85. The van der Waals surface area contributed by atoms with Crippen LogP contribution in [0.2, 0.25) is 5.15 Å². The smallest absolute Gasteiger partial charge is 0.391 e. The summed E-state index contributed by atoms with van der Waals surface area (Å²) < 4.78 is 37.6. The number of nitrogens with zero attached hydrogens (tertiary/aromatic N) is 3. The number of anilines is 1. The summed E-state index contributed by atoms with van der Waals surface area (Å²) in [5, 5.41) is 9.24. The van der Waals surface area contributed by atoms with E-state index in [2.05, 4.69) is 9.97 Å². The number of rotatable bonds is 1. The molecule has 1 unspecified atom stereocenters. The first-order chi connectivity index (χ1) is 8.36. The van der Waals surface area contributed by atoms with E-state index in [4.69, 9.17) is 11.6 Å². The van der Waals surface area contributed by atoms with Gasteiger partial charge in [0.1, 0.15) is 11.0 Å². The molecule has 100 valence electrons. The molecule has 4 nitrogen and oxygen atoms in total. The number of alkyl halides is 3. The van der Waals surface area contributed by atoms with Crippen LogP contribution in [-0.2, 0) is 6.18 Å². The second kappa shape index (κ2) is 4.89. The standard InChI is InChI=1S/C10H11ClF3N3O/c11-7-4-8(16-9(15-7)10(12,13)14)17-3-1-2-6(18)5-17/h4,6,18H,1-3,5H2. The molecule has 0 bridgehead atoms. The van der Waals surface area contributed by atoms with Crippen molar-refractivity contribution >= 4 is 17.4 Å². The number of aromatic nitrogens is 2. The van der Waals surface area contributed by atoms with Gasteiger partial charge in [0.15, 0.2) is 0 Å². The molecule has 18 heavy (non-hydrogen) atoms. The molecule has 0 spiro atoms. The predicted octanol–water partition coefficient (Wildman–Crippen LogP) is 2.11. The Morgan fingerprint density at radius 1 is 1.39 bits per heavy atom. The zero-order chi connectivity index (χ0) is 13.3. The van der Waals surface area contributed by atoms with Crippen molar-refractivity contribution in [1.82, 2.24) is 9.97 Å². The van der Waals surface area contributed by atoms with Crippen LogP contribution in [-0.4, -0.2) is 34.3 Å². The van der Waals surface area contributed by atoms with Gasteiger partial charge in [-0.05, 0) is 12.8 Å². The lowest BCUT2D eigenvalue weighted by molar-refractivity contribution is -0.144. The normalized spacial score (nSPS) is 21.2. The van der Waals surface area contributed by atoms with Gasteiger partial charge in [-0.25, -0.2) is 9.97 Å². The summed E-state index contributed by atoms with van der Waals surface area (Å²) in [5.41, 5.74) is 0. The molecule has 1 N–H and O–H groups in total. The van der Waals surface area contributed by atoms with Gasteiger partial charge in [0.25, 0.3) is 0 Å². The highest BCUT2D eigenvalue weighted by Crippen LogP contribution is 2.29. The number of hydrogen-bond donors (Lipinski definition) is 1. The highest BCUT2D eigenvalue weighted by molar-refractivity contribution is 6.29. The van der Waals surface area contributed by atoms with Crippen LogP contribution in [0.4, 0.5) is 19.0 Å². The van der Waals surface area contributed by atoms with Crippen molar-refractivity contribution in [1.29, 1.82) is 0 Å². The molecular weight excluding hydrogens is 271 g/mol. The maximum absolute atomic E-state index is 12.5. The molecule has 1 aliphatic rings. The first-order valence-electron chi connectivity index (χ1n) is 5.41. The van der Waals surface area contributed by atoms with E-state index in [1.807, 2.05) is 0 Å². The van der Waals surface area contributed by atoms with Gasteiger partial charge < -0.3 is 10.0 Å². The minimum absolute atomic E-state index is 0.0982. The first-order valence-corrected chi connectivity index (χ1v) is 5.79. The minimum Gasteiger partial charge on any atom is -0.391 e. The Kier molecular flexibility index (Phi) is 3.63. The van der Waals surface area contributed by atoms with Crippen LogP contribution in [0, 0.1) is 0 Å². The van der Waals surface area contributed by atoms with Crippen LogP contribution in [0.25, 0.3) is 0 Å². The minimum atomic E-state index is -4.63. The Labute approximate surface area is 106 Å². The Balaban J connectivity index is 2.30. The Hall–Kier alpha value is -1.08. The average Bonchev–Trinajstić information content (AvgIpc) is 2.27. The second-order valence-corrected chi connectivity index (χ2v) is 4.50. The van der Waals surface area contributed by atoms with Crippen LogP contribution < -0.4 is 4.90 Å². The second-order valence-electron chi connectivity index (χ2n) is 4.11. The topological polar surface area (TPSA) is 49.2 Å². The van der Waals surface area contributed by atoms with Crippen LogP contribution in [0.1, 0.15) is 18.7 Å². The molecule has 1 aromatic heterocycles. The summed E-state index contributed by atoms with van der Waals surface area (Å²) >= 11 is 5.57. The molecule has 0 aromatic carbocycles. The molecule has 2 heterocycles. The van der Waals surface area contributed by atoms with Gasteiger partial charge in [-0.1, -0.05) is 11.6 Å². The van der Waals surface area contributed by atoms with Gasteiger partial charge in [-0.2, -0.15) is 13.2 Å². The molecule has 2 rings (SSSR count). The zero-order valence-corrected chi connectivity index (χ0v) is 10.0. The van der Waals surface area contributed by atoms with Crippen molar-refractivity contribution in [3.05, 3.63) is 17.0 Å². The molecule has 1 aromatic rings. The maximum Gasteiger partial charge on any atom is 0.451 e. The lowest BCUT2D eigenvalue weighted by atomic mass is 10.1. The quantitative estimate of drug-likeness (QED) is 0.801. The fraction of sp³-hybridized carbons (Fsp3) is 0.600. The van der Waals surface area contributed by atoms with Crippen molar-refractivity contribution in [3.63, 3.8) is 0 Å². The van der Waals surface area contributed by atoms with Crippen molar-refractivity contribution in [2.75, 3.05) is 18.0 Å². The van der Waals surface area contributed by atoms with Gasteiger partial charge >= 0.3 is 6.18 Å². The number of piperidine rings is 1. The maximum atomic E-state index is 12.5. The van der Waals surface area contributed by atoms with Crippen molar-refractivity contribution in [3.8, 4) is 0 Å². The fourth-order valence-electron chi connectivity index (χ4n) is 1.86. The number of aliphatic hydroxyl groups excluding tert-OH is 1. The highest BCUT2D eigenvalue weighted by atomic mass is 35.5. The average molecular weight is 282 g/mol. The molecule has 0 saturated carbocycles. The Bertz CT molecular complexity index is 441. The van der Waals surface area contributed by atoms with Gasteiger partial charge in [-0.15, -0.1) is 0 Å². The van der Waals surface area contributed by atoms with E-state index in [0.29, 0.717) is 19.4 Å². The zero-order valence-electron chi connectivity index (χ0n) is 9.28. The van der Waals surface area contributed by atoms with Gasteiger partial charge in [0, 0.05) is 19.2 Å². The molecule has 0 amide bonds. The van der Waals surface area contributed by atoms with Crippen LogP contribution in [0.3, 0.4) is 0 Å². The van der Waals surface area contributed by atoms with E-state index >= 15 is 0 Å². The van der Waals surface area contributed by atoms with E-state index in [-0.39, 0.29) is 17.5 Å². The van der Waals surface area contributed by atoms with Crippen LogP contribution in [0.5, 0.6) is 0 Å². The Morgan fingerprint density at radius 2 is 2.11 bits per heavy atom. The monoisotopic (exact) mass is 281 g/mol. The molecule has 0 radical (unpaired) electrons. The molecule has 1 fully saturated rings. The fourth-order valence-corrected chi connectivity index (χ4v) is 2.03. The van der Waals surface area contributed by atoms with Gasteiger partial charge in [-0.3, -0.25) is 0 Å². The van der Waals surface area contributed by atoms with Crippen LogP contribution in [0.15, 0.2) is 6.07 Å². The summed E-state index contributed by atoms with van der Waals surface area (Å²) in [5.74, 6) is -1.16. The van der Waals surface area contributed by atoms with Crippen LogP contribution >= 0.6 is 11.6 Å². The largest absolute Gasteiger partial charge is 0.451 e. The summed E-state index contributed by atoms with van der Waals surface area (Å²) in [6, 6.07) is 1.27.